The molecule has 0 bridgehead atoms. The second-order valence-corrected chi connectivity index (χ2v) is 2.86. The van der Waals surface area contributed by atoms with Crippen molar-refractivity contribution in [1.82, 2.24) is 4.90 Å². The van der Waals surface area contributed by atoms with Crippen molar-refractivity contribution in [3.8, 4) is 6.07 Å². The van der Waals surface area contributed by atoms with Gasteiger partial charge in [0.15, 0.2) is 0 Å². The Morgan fingerprint density at radius 3 is 2.56 bits per heavy atom. The fourth-order valence-corrected chi connectivity index (χ4v) is 1.15. The van der Waals surface area contributed by atoms with E-state index in [1.165, 1.54) is 0 Å². The Morgan fingerprint density at radius 1 is 1.67 bits per heavy atom. The van der Waals surface area contributed by atoms with Gasteiger partial charge in [0.1, 0.15) is 0 Å². The van der Waals surface area contributed by atoms with Crippen molar-refractivity contribution in [2.45, 2.75) is 19.9 Å². The van der Waals surface area contributed by atoms with Crippen molar-refractivity contribution < 1.29 is 0 Å². The highest BCUT2D eigenvalue weighted by Crippen LogP contribution is 2.16. The molecule has 1 aliphatic heterocycles. The molecular formula is C7H12N2. The molecule has 0 aromatic rings. The lowest BCUT2D eigenvalue weighted by molar-refractivity contribution is 0.0935. The van der Waals surface area contributed by atoms with Crippen LogP contribution in [0.15, 0.2) is 0 Å². The molecule has 1 atom stereocenters. The maximum Gasteiger partial charge on any atom is 0.0949 e. The van der Waals surface area contributed by atoms with Crippen molar-refractivity contribution in [3.05, 3.63) is 0 Å². The summed E-state index contributed by atoms with van der Waals surface area (Å²) in [5, 5.41) is 8.46. The van der Waals surface area contributed by atoms with Crippen LogP contribution in [0.25, 0.3) is 0 Å². The van der Waals surface area contributed by atoms with E-state index < -0.39 is 0 Å². The van der Waals surface area contributed by atoms with Gasteiger partial charge >= 0.3 is 0 Å². The van der Waals surface area contributed by atoms with Gasteiger partial charge in [-0.1, -0.05) is 6.92 Å². The second kappa shape index (κ2) is 2.36. The molecule has 1 heterocycles. The molecule has 1 saturated heterocycles. The van der Waals surface area contributed by atoms with E-state index in [9.17, 15) is 0 Å². The maximum absolute atomic E-state index is 8.46. The molecule has 2 nitrogen and oxygen atoms in total. The lowest BCUT2D eigenvalue weighted by Gasteiger charge is -2.38. The third-order valence-corrected chi connectivity index (χ3v) is 1.83. The highest BCUT2D eigenvalue weighted by Gasteiger charge is 2.26. The number of nitrogens with zero attached hydrogens (tertiary/aromatic N) is 2. The lowest BCUT2D eigenvalue weighted by Crippen LogP contribution is -2.49. The molecule has 1 fully saturated rings. The molecule has 0 aliphatic carbocycles. The van der Waals surface area contributed by atoms with E-state index in [0.29, 0.717) is 0 Å². The molecule has 0 amide bonds. The van der Waals surface area contributed by atoms with E-state index in [1.54, 1.807) is 0 Å². The first-order chi connectivity index (χ1) is 4.24. The van der Waals surface area contributed by atoms with Crippen LogP contribution in [0, 0.1) is 17.2 Å². The van der Waals surface area contributed by atoms with Crippen LogP contribution in [0.3, 0.4) is 0 Å². The first kappa shape index (κ1) is 6.57. The summed E-state index contributed by atoms with van der Waals surface area (Å²) in [4.78, 5) is 2.19. The van der Waals surface area contributed by atoms with Crippen molar-refractivity contribution in [2.75, 3.05) is 13.1 Å². The zero-order chi connectivity index (χ0) is 6.85. The molecule has 1 unspecified atom stereocenters. The smallest absolute Gasteiger partial charge is 0.0949 e. The highest BCUT2D eigenvalue weighted by atomic mass is 15.2. The Kier molecular flexibility index (Phi) is 1.73. The van der Waals surface area contributed by atoms with Crippen LogP contribution in [0.1, 0.15) is 13.8 Å². The minimum absolute atomic E-state index is 0.126. The van der Waals surface area contributed by atoms with E-state index >= 15 is 0 Å². The van der Waals surface area contributed by atoms with Crippen molar-refractivity contribution in [2.24, 2.45) is 5.92 Å². The zero-order valence-corrected chi connectivity index (χ0v) is 5.96. The third kappa shape index (κ3) is 1.22. The van der Waals surface area contributed by atoms with Gasteiger partial charge in [0.2, 0.25) is 0 Å². The van der Waals surface area contributed by atoms with Crippen LogP contribution in [0.4, 0.5) is 0 Å². The predicted molar refractivity (Wildman–Crippen MR) is 35.8 cm³/mol. The maximum atomic E-state index is 8.46. The summed E-state index contributed by atoms with van der Waals surface area (Å²) in [7, 11) is 0. The average molecular weight is 124 g/mol. The molecule has 0 aromatic heterocycles. The Hall–Kier alpha value is -0.550. The topological polar surface area (TPSA) is 27.0 Å². The van der Waals surface area contributed by atoms with Crippen LogP contribution in [0.2, 0.25) is 0 Å². The van der Waals surface area contributed by atoms with Crippen LogP contribution in [-0.2, 0) is 0 Å². The molecule has 1 aliphatic rings. The molecule has 9 heavy (non-hydrogen) atoms. The number of hydrogen-bond donors (Lipinski definition) is 0. The SMILES string of the molecule is CC1CN(C(C)C#N)C1. The molecule has 2 heteroatoms. The normalized spacial score (nSPS) is 24.6. The first-order valence-electron chi connectivity index (χ1n) is 3.37. The molecule has 0 aromatic carbocycles. The number of likely N-dealkylation sites (tertiary alicyclic amines) is 1. The summed E-state index contributed by atoms with van der Waals surface area (Å²) in [5.74, 6) is 0.806. The van der Waals surface area contributed by atoms with E-state index in [2.05, 4.69) is 17.9 Å². The Bertz CT molecular complexity index is 130. The van der Waals surface area contributed by atoms with Gasteiger partial charge in [0.05, 0.1) is 12.1 Å². The highest BCUT2D eigenvalue weighted by molar-refractivity contribution is 4.93. The van der Waals surface area contributed by atoms with Gasteiger partial charge in [-0.25, -0.2) is 0 Å². The van der Waals surface area contributed by atoms with Crippen molar-refractivity contribution in [3.63, 3.8) is 0 Å². The second-order valence-electron chi connectivity index (χ2n) is 2.86. The number of nitriles is 1. The van der Waals surface area contributed by atoms with E-state index in [4.69, 9.17) is 5.26 Å². The number of hydrogen-bond acceptors (Lipinski definition) is 2. The minimum Gasteiger partial charge on any atom is -0.288 e. The summed E-state index contributed by atoms with van der Waals surface area (Å²) in [5.41, 5.74) is 0. The molecule has 0 saturated carbocycles. The van der Waals surface area contributed by atoms with Crippen LogP contribution in [-0.4, -0.2) is 24.0 Å². The molecule has 0 radical (unpaired) electrons. The molecular weight excluding hydrogens is 112 g/mol. The van der Waals surface area contributed by atoms with Crippen LogP contribution < -0.4 is 0 Å². The molecule has 0 spiro atoms. The fourth-order valence-electron chi connectivity index (χ4n) is 1.15. The minimum atomic E-state index is 0.126. The van der Waals surface area contributed by atoms with E-state index in [0.717, 1.165) is 19.0 Å². The van der Waals surface area contributed by atoms with Gasteiger partial charge in [-0.3, -0.25) is 4.90 Å². The van der Waals surface area contributed by atoms with E-state index in [-0.39, 0.29) is 6.04 Å². The van der Waals surface area contributed by atoms with Gasteiger partial charge < -0.3 is 0 Å². The van der Waals surface area contributed by atoms with Crippen LogP contribution in [0.5, 0.6) is 0 Å². The predicted octanol–water partition coefficient (Wildman–Crippen LogP) is 0.850. The monoisotopic (exact) mass is 124 g/mol. The fraction of sp³-hybridized carbons (Fsp3) is 0.857. The van der Waals surface area contributed by atoms with Crippen LogP contribution >= 0.6 is 0 Å². The lowest BCUT2D eigenvalue weighted by atomic mass is 10.0. The van der Waals surface area contributed by atoms with Gasteiger partial charge in [0, 0.05) is 13.1 Å². The van der Waals surface area contributed by atoms with Gasteiger partial charge in [-0.15, -0.1) is 0 Å². The average Bonchev–Trinajstić information content (AvgIpc) is 1.79. The summed E-state index contributed by atoms with van der Waals surface area (Å²) in [6.07, 6.45) is 0. The zero-order valence-electron chi connectivity index (χ0n) is 5.96. The summed E-state index contributed by atoms with van der Waals surface area (Å²) >= 11 is 0. The Balaban J connectivity index is 2.25. The van der Waals surface area contributed by atoms with Crippen molar-refractivity contribution >= 4 is 0 Å². The first-order valence-corrected chi connectivity index (χ1v) is 3.37. The third-order valence-electron chi connectivity index (χ3n) is 1.83. The largest absolute Gasteiger partial charge is 0.288 e. The molecule has 0 N–H and O–H groups in total. The quantitative estimate of drug-likeness (QED) is 0.518. The van der Waals surface area contributed by atoms with Gasteiger partial charge in [0.25, 0.3) is 0 Å². The molecule has 1 rings (SSSR count). The Labute approximate surface area is 56.1 Å². The number of rotatable bonds is 1. The van der Waals surface area contributed by atoms with E-state index in [1.807, 2.05) is 6.92 Å². The summed E-state index contributed by atoms with van der Waals surface area (Å²) in [6, 6.07) is 2.34. The van der Waals surface area contributed by atoms with Gasteiger partial charge in [-0.2, -0.15) is 5.26 Å². The standard InChI is InChI=1S/C7H12N2/c1-6-4-9(5-6)7(2)3-8/h6-7H,4-5H2,1-2H3. The summed E-state index contributed by atoms with van der Waals surface area (Å²) in [6.45, 7) is 6.37. The Morgan fingerprint density at radius 2 is 2.22 bits per heavy atom. The molecule has 50 valence electrons. The van der Waals surface area contributed by atoms with Crippen molar-refractivity contribution in [1.29, 1.82) is 5.26 Å². The van der Waals surface area contributed by atoms with Gasteiger partial charge in [-0.05, 0) is 12.8 Å². The summed E-state index contributed by atoms with van der Waals surface area (Å²) < 4.78 is 0.